The first-order chi connectivity index (χ1) is 10.2. The minimum Gasteiger partial charge on any atom is -0.488 e. The molecule has 0 saturated carbocycles. The third-order valence-corrected chi connectivity index (χ3v) is 4.01. The fourth-order valence-corrected chi connectivity index (χ4v) is 2.32. The maximum atomic E-state index is 5.93. The van der Waals surface area contributed by atoms with E-state index in [4.69, 9.17) is 9.47 Å². The zero-order valence-electron chi connectivity index (χ0n) is 13.5. The third kappa shape index (κ3) is 5.21. The van der Waals surface area contributed by atoms with Crippen LogP contribution in [-0.4, -0.2) is 62.3 Å². The molecule has 1 atom stereocenters. The molecule has 0 radical (unpaired) electrons. The molecule has 0 aromatic heterocycles. The third-order valence-electron chi connectivity index (χ3n) is 4.01. The van der Waals surface area contributed by atoms with E-state index in [1.807, 2.05) is 24.3 Å². The van der Waals surface area contributed by atoms with Crippen LogP contribution in [0.5, 0.6) is 11.5 Å². The monoisotopic (exact) mass is 292 g/mol. The summed E-state index contributed by atoms with van der Waals surface area (Å²) >= 11 is 0. The average Bonchev–Trinajstić information content (AvgIpc) is 2.51. The lowest BCUT2D eigenvalue weighted by Gasteiger charge is -2.32. The molecular formula is C17H28N2O2. The van der Waals surface area contributed by atoms with Crippen LogP contribution in [0.15, 0.2) is 24.3 Å². The van der Waals surface area contributed by atoms with Gasteiger partial charge in [-0.1, -0.05) is 19.1 Å². The van der Waals surface area contributed by atoms with Gasteiger partial charge in [-0.25, -0.2) is 0 Å². The molecule has 1 aliphatic heterocycles. The van der Waals surface area contributed by atoms with Crippen LogP contribution in [0, 0.1) is 0 Å². The van der Waals surface area contributed by atoms with Gasteiger partial charge in [0, 0.05) is 32.7 Å². The number of hydrogen-bond acceptors (Lipinski definition) is 4. The van der Waals surface area contributed by atoms with Crippen molar-refractivity contribution in [3.63, 3.8) is 0 Å². The molecule has 21 heavy (non-hydrogen) atoms. The SMILES string of the molecule is CC[C@H](C)Oc1ccccc1OCCN1CCN(C)CC1. The summed E-state index contributed by atoms with van der Waals surface area (Å²) in [5.74, 6) is 1.71. The molecule has 2 rings (SSSR count). The first-order valence-electron chi connectivity index (χ1n) is 7.98. The van der Waals surface area contributed by atoms with Gasteiger partial charge in [-0.15, -0.1) is 0 Å². The topological polar surface area (TPSA) is 24.9 Å². The minimum absolute atomic E-state index is 0.215. The Morgan fingerprint density at radius 1 is 1.10 bits per heavy atom. The lowest BCUT2D eigenvalue weighted by Crippen LogP contribution is -2.45. The van der Waals surface area contributed by atoms with Crippen LogP contribution in [0.25, 0.3) is 0 Å². The highest BCUT2D eigenvalue weighted by Gasteiger charge is 2.14. The van der Waals surface area contributed by atoms with Gasteiger partial charge in [0.05, 0.1) is 6.10 Å². The standard InChI is InChI=1S/C17H28N2O2/c1-4-15(2)21-17-8-6-5-7-16(17)20-14-13-19-11-9-18(3)10-12-19/h5-8,15H,4,9-14H2,1-3H3/t15-/m0/s1. The van der Waals surface area contributed by atoms with E-state index in [9.17, 15) is 0 Å². The zero-order valence-corrected chi connectivity index (χ0v) is 13.5. The summed E-state index contributed by atoms with van der Waals surface area (Å²) in [6.45, 7) is 10.5. The maximum absolute atomic E-state index is 5.93. The molecule has 0 aliphatic carbocycles. The normalized spacial score (nSPS) is 18.4. The Labute approximate surface area is 128 Å². The summed E-state index contributed by atoms with van der Waals surface area (Å²) < 4.78 is 11.8. The average molecular weight is 292 g/mol. The second-order valence-corrected chi connectivity index (χ2v) is 5.78. The molecule has 4 heteroatoms. The van der Waals surface area contributed by atoms with Crippen molar-refractivity contribution in [2.24, 2.45) is 0 Å². The van der Waals surface area contributed by atoms with Crippen LogP contribution < -0.4 is 9.47 Å². The van der Waals surface area contributed by atoms with Crippen molar-refractivity contribution in [1.82, 2.24) is 9.80 Å². The van der Waals surface area contributed by atoms with Gasteiger partial charge in [-0.3, -0.25) is 4.90 Å². The molecule has 4 nitrogen and oxygen atoms in total. The summed E-state index contributed by atoms with van der Waals surface area (Å²) in [7, 11) is 2.18. The number of hydrogen-bond donors (Lipinski definition) is 0. The first-order valence-corrected chi connectivity index (χ1v) is 7.98. The van der Waals surface area contributed by atoms with Crippen LogP contribution >= 0.6 is 0 Å². The highest BCUT2D eigenvalue weighted by atomic mass is 16.5. The molecule has 0 unspecified atom stereocenters. The van der Waals surface area contributed by atoms with Crippen molar-refractivity contribution < 1.29 is 9.47 Å². The Balaban J connectivity index is 1.80. The number of piperazine rings is 1. The van der Waals surface area contributed by atoms with E-state index in [2.05, 4.69) is 30.7 Å². The summed E-state index contributed by atoms with van der Waals surface area (Å²) in [5.41, 5.74) is 0. The van der Waals surface area contributed by atoms with Gasteiger partial charge in [0.15, 0.2) is 11.5 Å². The Bertz CT molecular complexity index is 417. The molecule has 1 aromatic carbocycles. The number of benzene rings is 1. The first kappa shape index (κ1) is 16.1. The lowest BCUT2D eigenvalue weighted by atomic mass is 10.3. The number of ether oxygens (including phenoxy) is 2. The second-order valence-electron chi connectivity index (χ2n) is 5.78. The van der Waals surface area contributed by atoms with Crippen LogP contribution in [0.3, 0.4) is 0 Å². The van der Waals surface area contributed by atoms with Gasteiger partial charge in [0.2, 0.25) is 0 Å². The summed E-state index contributed by atoms with van der Waals surface area (Å²) in [4.78, 5) is 4.82. The van der Waals surface area contributed by atoms with Gasteiger partial charge in [0.1, 0.15) is 6.61 Å². The van der Waals surface area contributed by atoms with Crippen molar-refractivity contribution in [3.8, 4) is 11.5 Å². The maximum Gasteiger partial charge on any atom is 0.161 e. The van der Waals surface area contributed by atoms with E-state index in [0.29, 0.717) is 6.61 Å². The van der Waals surface area contributed by atoms with Gasteiger partial charge in [0.25, 0.3) is 0 Å². The van der Waals surface area contributed by atoms with Crippen molar-refractivity contribution in [1.29, 1.82) is 0 Å². The quantitative estimate of drug-likeness (QED) is 0.771. The smallest absolute Gasteiger partial charge is 0.161 e. The van der Waals surface area contributed by atoms with E-state index in [0.717, 1.165) is 50.6 Å². The lowest BCUT2D eigenvalue weighted by molar-refractivity contribution is 0.131. The molecule has 0 N–H and O–H groups in total. The van der Waals surface area contributed by atoms with Crippen LogP contribution in [0.2, 0.25) is 0 Å². The van der Waals surface area contributed by atoms with Gasteiger partial charge >= 0.3 is 0 Å². The minimum atomic E-state index is 0.215. The second kappa shape index (κ2) is 8.25. The van der Waals surface area contributed by atoms with Gasteiger partial charge < -0.3 is 14.4 Å². The fourth-order valence-electron chi connectivity index (χ4n) is 2.32. The number of rotatable bonds is 7. The van der Waals surface area contributed by atoms with Crippen molar-refractivity contribution >= 4 is 0 Å². The molecule has 1 saturated heterocycles. The molecular weight excluding hydrogens is 264 g/mol. The summed E-state index contributed by atoms with van der Waals surface area (Å²) in [5, 5.41) is 0. The number of likely N-dealkylation sites (N-methyl/N-ethyl adjacent to an activating group) is 1. The van der Waals surface area contributed by atoms with Crippen molar-refractivity contribution in [2.75, 3.05) is 46.4 Å². The van der Waals surface area contributed by atoms with E-state index in [-0.39, 0.29) is 6.10 Å². The Hall–Kier alpha value is -1.26. The van der Waals surface area contributed by atoms with E-state index in [1.165, 1.54) is 0 Å². The predicted octanol–water partition coefficient (Wildman–Crippen LogP) is 2.49. The van der Waals surface area contributed by atoms with Gasteiger partial charge in [-0.2, -0.15) is 0 Å². The van der Waals surface area contributed by atoms with Crippen molar-refractivity contribution in [3.05, 3.63) is 24.3 Å². The van der Waals surface area contributed by atoms with Crippen LogP contribution in [0.4, 0.5) is 0 Å². The molecule has 118 valence electrons. The highest BCUT2D eigenvalue weighted by molar-refractivity contribution is 5.39. The highest BCUT2D eigenvalue weighted by Crippen LogP contribution is 2.27. The van der Waals surface area contributed by atoms with Crippen molar-refractivity contribution in [2.45, 2.75) is 26.4 Å². The summed E-state index contributed by atoms with van der Waals surface area (Å²) in [6, 6.07) is 7.96. The van der Waals surface area contributed by atoms with E-state index < -0.39 is 0 Å². The molecule has 0 spiro atoms. The molecule has 0 amide bonds. The fraction of sp³-hybridized carbons (Fsp3) is 0.647. The molecule has 1 aliphatic rings. The molecule has 1 aromatic rings. The molecule has 1 fully saturated rings. The van der Waals surface area contributed by atoms with Crippen LogP contribution in [-0.2, 0) is 0 Å². The Kier molecular flexibility index (Phi) is 6.33. The predicted molar refractivity (Wildman–Crippen MR) is 86.3 cm³/mol. The van der Waals surface area contributed by atoms with Crippen LogP contribution in [0.1, 0.15) is 20.3 Å². The molecule has 1 heterocycles. The summed E-state index contributed by atoms with van der Waals surface area (Å²) in [6.07, 6.45) is 1.21. The number of para-hydroxylation sites is 2. The largest absolute Gasteiger partial charge is 0.488 e. The van der Waals surface area contributed by atoms with Gasteiger partial charge in [-0.05, 0) is 32.5 Å². The molecule has 0 bridgehead atoms. The Morgan fingerprint density at radius 2 is 1.76 bits per heavy atom. The van der Waals surface area contributed by atoms with E-state index >= 15 is 0 Å². The Morgan fingerprint density at radius 3 is 2.43 bits per heavy atom. The zero-order chi connectivity index (χ0) is 15.1. The number of nitrogens with zero attached hydrogens (tertiary/aromatic N) is 2. The van der Waals surface area contributed by atoms with E-state index in [1.54, 1.807) is 0 Å².